The minimum atomic E-state index is -2.61. The molecule has 0 unspecified atom stereocenters. The van der Waals surface area contributed by atoms with Gasteiger partial charge in [0, 0.05) is 36.0 Å². The molecule has 0 aliphatic heterocycles. The molecule has 3 heterocycles. The summed E-state index contributed by atoms with van der Waals surface area (Å²) in [6.45, 7) is 0. The Bertz CT molecular complexity index is 1230. The summed E-state index contributed by atoms with van der Waals surface area (Å²) in [5.74, 6) is -2.91. The average Bonchev–Trinajstić information content (AvgIpc) is 3.48. The maximum atomic E-state index is 13.4. The van der Waals surface area contributed by atoms with Gasteiger partial charge in [-0.1, -0.05) is 24.3 Å². The molecule has 1 aromatic carbocycles. The number of hydrogen-bond acceptors (Lipinski definition) is 5. The third-order valence-corrected chi connectivity index (χ3v) is 7.60. The predicted octanol–water partition coefficient (Wildman–Crippen LogP) is 6.32. The number of alkyl halides is 2. The van der Waals surface area contributed by atoms with Gasteiger partial charge in [0.25, 0.3) is 5.91 Å². The molecule has 1 fully saturated rings. The molecular weight excluding hydrogens is 448 g/mol. The molecule has 0 radical (unpaired) electrons. The minimum absolute atomic E-state index is 0.183. The fraction of sp³-hybridized carbons (Fsp3) is 0.292. The number of nitrogens with zero attached hydrogens (tertiary/aromatic N) is 2. The van der Waals surface area contributed by atoms with Gasteiger partial charge in [-0.2, -0.15) is 0 Å². The standard InChI is InChI=1S/C24H21F2N3OS2/c25-24(26)8-5-18(6-9-24)28-22(30)20-14-17(21-19(29-20)7-11-31-21)13-15-1-3-16(4-2-15)23-27-10-12-32-23/h1-4,7,10-12,14,18H,5-6,8-9,13H2,(H,28,30). The van der Waals surface area contributed by atoms with Crippen molar-refractivity contribution in [2.45, 2.75) is 44.1 Å². The predicted molar refractivity (Wildman–Crippen MR) is 125 cm³/mol. The van der Waals surface area contributed by atoms with Crippen molar-refractivity contribution < 1.29 is 13.6 Å². The number of carbonyl (C=O) groups excluding carboxylic acids is 1. The second-order valence-corrected chi connectivity index (χ2v) is 9.93. The summed E-state index contributed by atoms with van der Waals surface area (Å²) in [5, 5.41) is 7.82. The number of fused-ring (bicyclic) bond motifs is 1. The molecule has 0 bridgehead atoms. The first kappa shape index (κ1) is 21.2. The molecule has 0 atom stereocenters. The number of nitrogens with one attached hydrogen (secondary N) is 1. The van der Waals surface area contributed by atoms with E-state index in [2.05, 4.69) is 39.6 Å². The molecule has 3 aromatic heterocycles. The van der Waals surface area contributed by atoms with Crippen LogP contribution in [0, 0.1) is 0 Å². The lowest BCUT2D eigenvalue weighted by molar-refractivity contribution is -0.0399. The highest BCUT2D eigenvalue weighted by molar-refractivity contribution is 7.17. The summed E-state index contributed by atoms with van der Waals surface area (Å²) in [5.41, 5.74) is 4.37. The second-order valence-electron chi connectivity index (χ2n) is 8.12. The Labute approximate surface area is 192 Å². The first-order valence-electron chi connectivity index (χ1n) is 10.5. The Balaban J connectivity index is 1.35. The summed E-state index contributed by atoms with van der Waals surface area (Å²) < 4.78 is 27.9. The van der Waals surface area contributed by atoms with E-state index in [1.165, 1.54) is 0 Å². The number of thiophene rings is 1. The van der Waals surface area contributed by atoms with E-state index < -0.39 is 5.92 Å². The van der Waals surface area contributed by atoms with E-state index >= 15 is 0 Å². The van der Waals surface area contributed by atoms with E-state index in [9.17, 15) is 13.6 Å². The number of amides is 1. The van der Waals surface area contributed by atoms with Crippen molar-refractivity contribution in [3.05, 3.63) is 70.2 Å². The highest BCUT2D eigenvalue weighted by Crippen LogP contribution is 2.33. The molecule has 0 spiro atoms. The molecule has 4 aromatic rings. The summed E-state index contributed by atoms with van der Waals surface area (Å²) in [4.78, 5) is 21.7. The maximum absolute atomic E-state index is 13.4. The van der Waals surface area contributed by atoms with Crippen LogP contribution >= 0.6 is 22.7 Å². The van der Waals surface area contributed by atoms with Crippen LogP contribution in [0.25, 0.3) is 20.8 Å². The van der Waals surface area contributed by atoms with Crippen molar-refractivity contribution in [3.8, 4) is 10.6 Å². The van der Waals surface area contributed by atoms with Crippen LogP contribution in [0.2, 0.25) is 0 Å². The van der Waals surface area contributed by atoms with Gasteiger partial charge in [0.05, 0.1) is 10.2 Å². The minimum Gasteiger partial charge on any atom is -0.348 e. The quantitative estimate of drug-likeness (QED) is 0.372. The topological polar surface area (TPSA) is 54.9 Å². The summed E-state index contributed by atoms with van der Waals surface area (Å²) in [6, 6.07) is 11.8. The van der Waals surface area contributed by atoms with Gasteiger partial charge in [-0.3, -0.25) is 4.79 Å². The normalized spacial score (nSPS) is 16.3. The van der Waals surface area contributed by atoms with Gasteiger partial charge in [-0.05, 0) is 47.9 Å². The van der Waals surface area contributed by atoms with Crippen molar-refractivity contribution in [1.82, 2.24) is 15.3 Å². The van der Waals surface area contributed by atoms with Gasteiger partial charge in [0.2, 0.25) is 5.92 Å². The van der Waals surface area contributed by atoms with Crippen LogP contribution in [0.1, 0.15) is 47.3 Å². The number of thiazole rings is 1. The molecule has 8 heteroatoms. The number of pyridine rings is 1. The summed E-state index contributed by atoms with van der Waals surface area (Å²) in [7, 11) is 0. The van der Waals surface area contributed by atoms with E-state index in [1.54, 1.807) is 28.9 Å². The Hall–Kier alpha value is -2.71. The molecule has 32 heavy (non-hydrogen) atoms. The molecule has 5 rings (SSSR count). The third kappa shape index (κ3) is 4.56. The summed E-state index contributed by atoms with van der Waals surface area (Å²) in [6.07, 6.45) is 2.68. The van der Waals surface area contributed by atoms with Crippen LogP contribution in [0.3, 0.4) is 0 Å². The molecule has 1 aliphatic rings. The fourth-order valence-corrected chi connectivity index (χ4v) is 5.56. The number of hydrogen-bond donors (Lipinski definition) is 1. The van der Waals surface area contributed by atoms with E-state index in [1.807, 2.05) is 22.9 Å². The van der Waals surface area contributed by atoms with Gasteiger partial charge in [-0.25, -0.2) is 18.7 Å². The van der Waals surface area contributed by atoms with E-state index in [0.717, 1.165) is 31.9 Å². The third-order valence-electron chi connectivity index (χ3n) is 5.80. The highest BCUT2D eigenvalue weighted by atomic mass is 32.1. The molecule has 1 saturated carbocycles. The van der Waals surface area contributed by atoms with Crippen LogP contribution < -0.4 is 5.32 Å². The Kier molecular flexibility index (Phi) is 5.73. The highest BCUT2D eigenvalue weighted by Gasteiger charge is 2.35. The lowest BCUT2D eigenvalue weighted by atomic mass is 9.92. The first-order chi connectivity index (χ1) is 15.5. The molecule has 0 saturated heterocycles. The van der Waals surface area contributed by atoms with Crippen molar-refractivity contribution in [3.63, 3.8) is 0 Å². The Morgan fingerprint density at radius 2 is 1.88 bits per heavy atom. The molecule has 1 aliphatic carbocycles. The van der Waals surface area contributed by atoms with Crippen molar-refractivity contribution in [2.75, 3.05) is 0 Å². The van der Waals surface area contributed by atoms with E-state index in [-0.39, 0.29) is 37.6 Å². The molecular formula is C24H21F2N3OS2. The number of aromatic nitrogens is 2. The zero-order chi connectivity index (χ0) is 22.1. The van der Waals surface area contributed by atoms with Gasteiger partial charge in [0.15, 0.2) is 0 Å². The largest absolute Gasteiger partial charge is 0.348 e. The monoisotopic (exact) mass is 469 g/mol. The fourth-order valence-electron chi connectivity index (χ4n) is 4.07. The lowest BCUT2D eigenvalue weighted by Gasteiger charge is -2.28. The van der Waals surface area contributed by atoms with Gasteiger partial charge in [0.1, 0.15) is 10.7 Å². The number of carbonyl (C=O) groups is 1. The zero-order valence-corrected chi connectivity index (χ0v) is 18.8. The van der Waals surface area contributed by atoms with Crippen LogP contribution in [0.5, 0.6) is 0 Å². The van der Waals surface area contributed by atoms with Crippen LogP contribution in [-0.4, -0.2) is 27.8 Å². The number of benzene rings is 1. The first-order valence-corrected chi connectivity index (χ1v) is 12.3. The molecule has 4 nitrogen and oxygen atoms in total. The van der Waals surface area contributed by atoms with Gasteiger partial charge >= 0.3 is 0 Å². The SMILES string of the molecule is O=C(NC1CCC(F)(F)CC1)c1cc(Cc2ccc(-c3nccs3)cc2)c2sccc2n1. The van der Waals surface area contributed by atoms with Crippen LogP contribution in [0.4, 0.5) is 8.78 Å². The van der Waals surface area contributed by atoms with Crippen LogP contribution in [-0.2, 0) is 6.42 Å². The molecule has 164 valence electrons. The van der Waals surface area contributed by atoms with E-state index in [0.29, 0.717) is 12.1 Å². The molecule has 1 N–H and O–H groups in total. The number of halogens is 2. The Morgan fingerprint density at radius 1 is 1.09 bits per heavy atom. The van der Waals surface area contributed by atoms with Crippen molar-refractivity contribution in [2.24, 2.45) is 0 Å². The smallest absolute Gasteiger partial charge is 0.270 e. The van der Waals surface area contributed by atoms with Crippen LogP contribution in [0.15, 0.2) is 53.4 Å². The van der Waals surface area contributed by atoms with Crippen molar-refractivity contribution >= 4 is 38.8 Å². The molecule has 1 amide bonds. The lowest BCUT2D eigenvalue weighted by Crippen LogP contribution is -2.40. The van der Waals surface area contributed by atoms with Gasteiger partial charge < -0.3 is 5.32 Å². The second kappa shape index (κ2) is 8.67. The van der Waals surface area contributed by atoms with E-state index in [4.69, 9.17) is 0 Å². The zero-order valence-electron chi connectivity index (χ0n) is 17.2. The van der Waals surface area contributed by atoms with Crippen molar-refractivity contribution in [1.29, 1.82) is 0 Å². The summed E-state index contributed by atoms with van der Waals surface area (Å²) >= 11 is 3.21. The number of rotatable bonds is 5. The average molecular weight is 470 g/mol. The maximum Gasteiger partial charge on any atom is 0.270 e. The Morgan fingerprint density at radius 3 is 2.59 bits per heavy atom. The van der Waals surface area contributed by atoms with Gasteiger partial charge in [-0.15, -0.1) is 22.7 Å².